The van der Waals surface area contributed by atoms with Crippen LogP contribution in [0.25, 0.3) is 10.8 Å². The van der Waals surface area contributed by atoms with Crippen LogP contribution in [0.3, 0.4) is 0 Å². The quantitative estimate of drug-likeness (QED) is 0.614. The monoisotopic (exact) mass is 439 g/mol. The van der Waals surface area contributed by atoms with Crippen molar-refractivity contribution in [1.29, 1.82) is 0 Å². The minimum Gasteiger partial charge on any atom is -0.484 e. The molecule has 3 aromatic rings. The van der Waals surface area contributed by atoms with Crippen LogP contribution in [-0.2, 0) is 4.79 Å². The first-order valence-corrected chi connectivity index (χ1v) is 10.3. The van der Waals surface area contributed by atoms with Gasteiger partial charge in [0.1, 0.15) is 17.3 Å². The van der Waals surface area contributed by atoms with Gasteiger partial charge in [0.2, 0.25) is 0 Å². The van der Waals surface area contributed by atoms with E-state index in [2.05, 4.69) is 15.6 Å². The van der Waals surface area contributed by atoms with Crippen molar-refractivity contribution in [1.82, 2.24) is 15.6 Å². The summed E-state index contributed by atoms with van der Waals surface area (Å²) in [6, 6.07) is 13.5. The van der Waals surface area contributed by atoms with Gasteiger partial charge in [-0.1, -0.05) is 35.9 Å². The van der Waals surface area contributed by atoms with Gasteiger partial charge < -0.3 is 15.4 Å². The Bertz CT molecular complexity index is 1200. The number of rotatable bonds is 6. The lowest BCUT2D eigenvalue weighted by molar-refractivity contribution is -0.141. The lowest BCUT2D eigenvalue weighted by Crippen LogP contribution is -2.84. The van der Waals surface area contributed by atoms with E-state index in [1.54, 1.807) is 12.3 Å². The molecule has 0 radical (unpaired) electrons. The summed E-state index contributed by atoms with van der Waals surface area (Å²) in [6.45, 7) is -0.219. The first-order valence-electron chi connectivity index (χ1n) is 9.92. The molecule has 0 atom stereocenters. The van der Waals surface area contributed by atoms with Crippen molar-refractivity contribution in [2.75, 3.05) is 6.61 Å². The summed E-state index contributed by atoms with van der Waals surface area (Å²) in [4.78, 5) is 29.1. The maximum atomic E-state index is 13.4. The zero-order valence-corrected chi connectivity index (χ0v) is 17.2. The Morgan fingerprint density at radius 3 is 2.48 bits per heavy atom. The first kappa shape index (κ1) is 19.8. The van der Waals surface area contributed by atoms with E-state index in [1.165, 1.54) is 12.1 Å². The van der Waals surface area contributed by atoms with Gasteiger partial charge in [0.05, 0.1) is 5.02 Å². The Morgan fingerprint density at radius 2 is 1.74 bits per heavy atom. The normalized spacial score (nSPS) is 23.4. The number of amides is 2. The topological polar surface area (TPSA) is 80.3 Å². The van der Waals surface area contributed by atoms with Crippen LogP contribution in [0.4, 0.5) is 4.39 Å². The van der Waals surface area contributed by atoms with Crippen LogP contribution in [0.5, 0.6) is 5.75 Å². The molecule has 2 amide bonds. The van der Waals surface area contributed by atoms with Crippen LogP contribution >= 0.6 is 11.6 Å². The number of ether oxygens (including phenoxy) is 1. The summed E-state index contributed by atoms with van der Waals surface area (Å²) in [5, 5.41) is 7.98. The summed E-state index contributed by atoms with van der Waals surface area (Å²) >= 11 is 5.63. The minimum absolute atomic E-state index is 0.00287. The fraction of sp³-hybridized carbons (Fsp3) is 0.261. The lowest BCUT2D eigenvalue weighted by atomic mass is 9.44. The van der Waals surface area contributed by atoms with Crippen LogP contribution in [0.15, 0.2) is 54.7 Å². The minimum atomic E-state index is -0.599. The lowest BCUT2D eigenvalue weighted by Gasteiger charge is -2.70. The molecule has 31 heavy (non-hydrogen) atoms. The molecule has 6 rings (SSSR count). The molecule has 3 aliphatic rings. The second-order valence-electron chi connectivity index (χ2n) is 8.37. The Kier molecular flexibility index (Phi) is 4.59. The Balaban J connectivity index is 1.12. The van der Waals surface area contributed by atoms with Crippen LogP contribution in [0, 0.1) is 5.82 Å². The summed E-state index contributed by atoms with van der Waals surface area (Å²) in [5.41, 5.74) is -0.224. The zero-order chi connectivity index (χ0) is 21.6. The van der Waals surface area contributed by atoms with Crippen molar-refractivity contribution in [3.8, 4) is 5.75 Å². The highest BCUT2D eigenvalue weighted by molar-refractivity contribution is 6.30. The van der Waals surface area contributed by atoms with E-state index in [0.717, 1.165) is 16.8 Å². The van der Waals surface area contributed by atoms with Crippen molar-refractivity contribution in [2.24, 2.45) is 0 Å². The van der Waals surface area contributed by atoms with E-state index in [0.29, 0.717) is 25.0 Å². The fourth-order valence-corrected chi connectivity index (χ4v) is 4.73. The number of nitrogens with one attached hydrogen (secondary N) is 2. The molecule has 3 aliphatic carbocycles. The van der Waals surface area contributed by atoms with Crippen LogP contribution in [0.2, 0.25) is 5.02 Å². The molecule has 0 unspecified atom stereocenters. The van der Waals surface area contributed by atoms with Gasteiger partial charge in [-0.2, -0.15) is 0 Å². The maximum absolute atomic E-state index is 13.4. The highest BCUT2D eigenvalue weighted by Gasteiger charge is 2.69. The van der Waals surface area contributed by atoms with Crippen LogP contribution in [0.1, 0.15) is 29.8 Å². The molecule has 8 heteroatoms. The molecule has 2 aromatic carbocycles. The third kappa shape index (κ3) is 3.70. The zero-order valence-electron chi connectivity index (χ0n) is 16.5. The van der Waals surface area contributed by atoms with Gasteiger partial charge in [-0.15, -0.1) is 0 Å². The average molecular weight is 440 g/mol. The second-order valence-corrected chi connectivity index (χ2v) is 8.78. The largest absolute Gasteiger partial charge is 0.484 e. The van der Waals surface area contributed by atoms with Crippen LogP contribution < -0.4 is 15.4 Å². The summed E-state index contributed by atoms with van der Waals surface area (Å²) < 4.78 is 18.8. The number of halogens is 2. The number of carbonyl (C=O) groups is 2. The van der Waals surface area contributed by atoms with Gasteiger partial charge in [0.15, 0.2) is 6.61 Å². The fourth-order valence-electron chi connectivity index (χ4n) is 4.61. The predicted molar refractivity (Wildman–Crippen MR) is 114 cm³/mol. The number of hydrogen-bond acceptors (Lipinski definition) is 4. The smallest absolute Gasteiger partial charge is 0.270 e. The Labute approximate surface area is 182 Å². The third-order valence-corrected chi connectivity index (χ3v) is 6.24. The van der Waals surface area contributed by atoms with E-state index >= 15 is 0 Å². The predicted octanol–water partition coefficient (Wildman–Crippen LogP) is 3.63. The summed E-state index contributed by atoms with van der Waals surface area (Å²) in [5.74, 6) is -0.858. The van der Waals surface area contributed by atoms with Gasteiger partial charge >= 0.3 is 0 Å². The van der Waals surface area contributed by atoms with Crippen molar-refractivity contribution in [2.45, 2.75) is 30.3 Å². The molecular weight excluding hydrogens is 421 g/mol. The molecule has 0 aliphatic heterocycles. The molecule has 1 heterocycles. The van der Waals surface area contributed by atoms with Crippen molar-refractivity contribution in [3.05, 3.63) is 71.3 Å². The number of nitrogens with zero attached hydrogens (tertiary/aromatic N) is 1. The molecule has 0 spiro atoms. The Hall–Kier alpha value is -3.19. The molecule has 1 aromatic heterocycles. The van der Waals surface area contributed by atoms with Crippen molar-refractivity contribution >= 4 is 34.2 Å². The molecule has 158 valence electrons. The van der Waals surface area contributed by atoms with E-state index in [4.69, 9.17) is 16.3 Å². The first-order chi connectivity index (χ1) is 14.9. The third-order valence-electron chi connectivity index (χ3n) is 5.94. The summed E-state index contributed by atoms with van der Waals surface area (Å²) in [7, 11) is 0. The van der Waals surface area contributed by atoms with Gasteiger partial charge in [-0.3, -0.25) is 14.6 Å². The van der Waals surface area contributed by atoms with E-state index < -0.39 is 5.82 Å². The van der Waals surface area contributed by atoms with E-state index in [-0.39, 0.29) is 40.3 Å². The van der Waals surface area contributed by atoms with E-state index in [1.807, 2.05) is 24.3 Å². The average Bonchev–Trinajstić information content (AvgIpc) is 2.71. The molecular formula is C23H19ClFN3O3. The highest BCUT2D eigenvalue weighted by Crippen LogP contribution is 2.60. The maximum Gasteiger partial charge on any atom is 0.270 e. The SMILES string of the molecule is O=C(COc1ccc(Cl)c(F)c1)NC12CC(NC(=O)c3cc4ccccc4cn3)(C1)C2. The number of fused-ring (bicyclic) bond motifs is 1. The molecule has 3 fully saturated rings. The molecule has 2 N–H and O–H groups in total. The number of benzene rings is 2. The Morgan fingerprint density at radius 1 is 1.03 bits per heavy atom. The van der Waals surface area contributed by atoms with Gasteiger partial charge in [-0.05, 0) is 42.8 Å². The van der Waals surface area contributed by atoms with Gasteiger partial charge in [-0.25, -0.2) is 4.39 Å². The summed E-state index contributed by atoms with van der Waals surface area (Å²) in [6.07, 6.45) is 3.70. The molecule has 3 saturated carbocycles. The standard InChI is InChI=1S/C23H19ClFN3O3/c24-17-6-5-16(8-18(17)25)31-10-20(29)27-22-11-23(12-22,13-22)28-21(30)19-7-14-3-1-2-4-15(14)9-26-19/h1-9H,10-13H2,(H,27,29)(H,28,30). The second kappa shape index (κ2) is 7.20. The highest BCUT2D eigenvalue weighted by atomic mass is 35.5. The molecule has 6 nitrogen and oxygen atoms in total. The van der Waals surface area contributed by atoms with Crippen molar-refractivity contribution in [3.63, 3.8) is 0 Å². The number of carbonyl (C=O) groups excluding carboxylic acids is 2. The number of hydrogen-bond donors (Lipinski definition) is 2. The number of aromatic nitrogens is 1. The molecule has 0 saturated heterocycles. The van der Waals surface area contributed by atoms with Crippen molar-refractivity contribution < 1.29 is 18.7 Å². The van der Waals surface area contributed by atoms with Crippen LogP contribution in [-0.4, -0.2) is 34.5 Å². The van der Waals surface area contributed by atoms with E-state index in [9.17, 15) is 14.0 Å². The number of pyridine rings is 1. The molecule has 2 bridgehead atoms. The van der Waals surface area contributed by atoms with Gasteiger partial charge in [0, 0.05) is 28.7 Å². The van der Waals surface area contributed by atoms with Gasteiger partial charge in [0.25, 0.3) is 11.8 Å².